The molecule has 2 N–H and O–H groups in total. The smallest absolute Gasteiger partial charge is 0.0768 e. The van der Waals surface area contributed by atoms with Crippen molar-refractivity contribution in [3.63, 3.8) is 0 Å². The van der Waals surface area contributed by atoms with Crippen molar-refractivity contribution >= 4 is 17.2 Å². The number of nitrogens with two attached hydrogens (primary N) is 1. The average molecular weight is 231 g/mol. The van der Waals surface area contributed by atoms with Crippen molar-refractivity contribution in [3.05, 3.63) is 0 Å². The summed E-state index contributed by atoms with van der Waals surface area (Å²) in [4.78, 5) is 5.33. The lowest BCUT2D eigenvalue weighted by Gasteiger charge is -2.24. The van der Waals surface area contributed by atoms with Gasteiger partial charge in [-0.15, -0.1) is 0 Å². The molecule has 0 spiro atoms. The van der Waals surface area contributed by atoms with E-state index in [1.807, 2.05) is 0 Å². The van der Waals surface area contributed by atoms with Crippen LogP contribution in [0.15, 0.2) is 0 Å². The average Bonchev–Trinajstić information content (AvgIpc) is 2.19. The minimum Gasteiger partial charge on any atom is -0.393 e. The van der Waals surface area contributed by atoms with Crippen molar-refractivity contribution in [2.24, 2.45) is 11.7 Å². The molecule has 0 aromatic heterocycles. The lowest BCUT2D eigenvalue weighted by atomic mass is 10.2. The fourth-order valence-electron chi connectivity index (χ4n) is 1.50. The molecule has 4 heteroatoms. The Morgan fingerprint density at radius 3 is 2.20 bits per heavy atom. The topological polar surface area (TPSA) is 32.5 Å². The molecule has 0 radical (unpaired) electrons. The molecule has 0 aromatic rings. The van der Waals surface area contributed by atoms with E-state index in [4.69, 9.17) is 18.0 Å². The third-order valence-corrected chi connectivity index (χ3v) is 3.17. The summed E-state index contributed by atoms with van der Waals surface area (Å²) < 4.78 is 0. The maximum absolute atomic E-state index is 5.59. The largest absolute Gasteiger partial charge is 0.393 e. The number of thiocarbonyl (C=S) groups is 1. The van der Waals surface area contributed by atoms with Gasteiger partial charge in [0.25, 0.3) is 0 Å². The highest BCUT2D eigenvalue weighted by molar-refractivity contribution is 7.80. The van der Waals surface area contributed by atoms with Crippen LogP contribution in [0.5, 0.6) is 0 Å². The van der Waals surface area contributed by atoms with Crippen LogP contribution in [0.2, 0.25) is 0 Å². The monoisotopic (exact) mass is 231 g/mol. The van der Waals surface area contributed by atoms with E-state index in [1.54, 1.807) is 0 Å². The van der Waals surface area contributed by atoms with Crippen LogP contribution in [-0.4, -0.2) is 54.6 Å². The zero-order valence-corrected chi connectivity index (χ0v) is 11.3. The molecule has 0 aliphatic rings. The lowest BCUT2D eigenvalue weighted by Crippen LogP contribution is -2.37. The highest BCUT2D eigenvalue weighted by Crippen LogP contribution is 1.98. The van der Waals surface area contributed by atoms with Gasteiger partial charge in [-0.25, -0.2) is 0 Å². The molecule has 0 saturated heterocycles. The van der Waals surface area contributed by atoms with Gasteiger partial charge in [0.15, 0.2) is 0 Å². The Morgan fingerprint density at radius 1 is 1.27 bits per heavy atom. The maximum atomic E-state index is 5.59. The molecular weight excluding hydrogens is 206 g/mol. The van der Waals surface area contributed by atoms with Crippen LogP contribution in [0.25, 0.3) is 0 Å². The molecule has 0 fully saturated rings. The van der Waals surface area contributed by atoms with Gasteiger partial charge in [-0.05, 0) is 20.1 Å². The number of hydrogen-bond acceptors (Lipinski definition) is 3. The van der Waals surface area contributed by atoms with E-state index >= 15 is 0 Å². The van der Waals surface area contributed by atoms with Crippen LogP contribution in [0.3, 0.4) is 0 Å². The molecule has 0 heterocycles. The van der Waals surface area contributed by atoms with Gasteiger partial charge in [-0.3, -0.25) is 0 Å². The molecule has 90 valence electrons. The summed E-state index contributed by atoms with van der Waals surface area (Å²) in [6.45, 7) is 11.9. The van der Waals surface area contributed by atoms with Gasteiger partial charge in [0.05, 0.1) is 4.99 Å². The second-order valence-electron chi connectivity index (χ2n) is 4.09. The quantitative estimate of drug-likeness (QED) is 0.636. The predicted molar refractivity (Wildman–Crippen MR) is 71.2 cm³/mol. The fourth-order valence-corrected chi connectivity index (χ4v) is 1.58. The number of nitrogens with zero attached hydrogens (tertiary/aromatic N) is 2. The molecule has 0 aromatic carbocycles. The van der Waals surface area contributed by atoms with E-state index in [-0.39, 0.29) is 0 Å². The minimum absolute atomic E-state index is 0.307. The summed E-state index contributed by atoms with van der Waals surface area (Å²) in [5, 5.41) is 0. The van der Waals surface area contributed by atoms with E-state index in [2.05, 4.69) is 37.6 Å². The number of hydrogen-bond donors (Lipinski definition) is 1. The first-order valence-electron chi connectivity index (χ1n) is 5.71. The molecule has 0 amide bonds. The first-order valence-corrected chi connectivity index (χ1v) is 6.12. The summed E-state index contributed by atoms with van der Waals surface area (Å²) >= 11 is 4.96. The Kier molecular flexibility index (Phi) is 7.92. The van der Waals surface area contributed by atoms with Crippen LogP contribution < -0.4 is 5.73 Å². The summed E-state index contributed by atoms with van der Waals surface area (Å²) in [7, 11) is 2.12. The van der Waals surface area contributed by atoms with Crippen LogP contribution in [0, 0.1) is 5.92 Å². The standard InChI is InChI=1S/C11H25N3S/c1-5-14(6-2)8-7-13(4)9-10(3)11(12)15/h10H,5-9H2,1-4H3,(H2,12,15). The molecule has 1 atom stereocenters. The van der Waals surface area contributed by atoms with Gasteiger partial charge in [0.2, 0.25) is 0 Å². The van der Waals surface area contributed by atoms with E-state index in [0.717, 1.165) is 32.7 Å². The summed E-state index contributed by atoms with van der Waals surface area (Å²) in [6.07, 6.45) is 0. The molecule has 0 aliphatic carbocycles. The zero-order valence-electron chi connectivity index (χ0n) is 10.5. The molecule has 0 bridgehead atoms. The Balaban J connectivity index is 3.73. The fraction of sp³-hybridized carbons (Fsp3) is 0.909. The first kappa shape index (κ1) is 14.8. The zero-order chi connectivity index (χ0) is 11.8. The van der Waals surface area contributed by atoms with Gasteiger partial charge >= 0.3 is 0 Å². The molecule has 15 heavy (non-hydrogen) atoms. The first-order chi connectivity index (χ1) is 7.01. The van der Waals surface area contributed by atoms with Gasteiger partial charge in [-0.2, -0.15) is 0 Å². The Morgan fingerprint density at radius 2 is 1.80 bits per heavy atom. The van der Waals surface area contributed by atoms with Gasteiger partial charge in [-0.1, -0.05) is 33.0 Å². The van der Waals surface area contributed by atoms with E-state index in [9.17, 15) is 0 Å². The molecule has 0 saturated carbocycles. The second kappa shape index (κ2) is 8.02. The predicted octanol–water partition coefficient (Wildman–Crippen LogP) is 1.18. The van der Waals surface area contributed by atoms with Gasteiger partial charge in [0, 0.05) is 25.6 Å². The Hall–Kier alpha value is -0.190. The Labute approximate surface area is 99.6 Å². The van der Waals surface area contributed by atoms with Crippen LogP contribution >= 0.6 is 12.2 Å². The summed E-state index contributed by atoms with van der Waals surface area (Å²) in [5.41, 5.74) is 5.59. The molecular formula is C11H25N3S. The minimum atomic E-state index is 0.307. The number of rotatable bonds is 8. The maximum Gasteiger partial charge on any atom is 0.0768 e. The van der Waals surface area contributed by atoms with E-state index in [0.29, 0.717) is 10.9 Å². The molecule has 0 rings (SSSR count). The van der Waals surface area contributed by atoms with Gasteiger partial charge in [0.1, 0.15) is 0 Å². The molecule has 3 nitrogen and oxygen atoms in total. The third kappa shape index (κ3) is 6.82. The SMILES string of the molecule is CCN(CC)CCN(C)CC(C)C(N)=S. The summed E-state index contributed by atoms with van der Waals surface area (Å²) in [6, 6.07) is 0. The van der Waals surface area contributed by atoms with Crippen molar-refractivity contribution in [2.75, 3.05) is 39.8 Å². The highest BCUT2D eigenvalue weighted by atomic mass is 32.1. The van der Waals surface area contributed by atoms with Crippen LogP contribution in [-0.2, 0) is 0 Å². The van der Waals surface area contributed by atoms with Crippen molar-refractivity contribution in [1.29, 1.82) is 0 Å². The second-order valence-corrected chi connectivity index (χ2v) is 4.56. The Bertz CT molecular complexity index is 181. The third-order valence-electron chi connectivity index (χ3n) is 2.76. The van der Waals surface area contributed by atoms with Crippen molar-refractivity contribution < 1.29 is 0 Å². The van der Waals surface area contributed by atoms with Crippen molar-refractivity contribution in [3.8, 4) is 0 Å². The van der Waals surface area contributed by atoms with Crippen molar-refractivity contribution in [2.45, 2.75) is 20.8 Å². The highest BCUT2D eigenvalue weighted by Gasteiger charge is 2.09. The molecule has 1 unspecified atom stereocenters. The van der Waals surface area contributed by atoms with Crippen LogP contribution in [0.1, 0.15) is 20.8 Å². The van der Waals surface area contributed by atoms with E-state index in [1.165, 1.54) is 0 Å². The number of likely N-dealkylation sites (N-methyl/N-ethyl adjacent to an activating group) is 2. The van der Waals surface area contributed by atoms with Crippen molar-refractivity contribution in [1.82, 2.24) is 9.80 Å². The molecule has 0 aliphatic heterocycles. The van der Waals surface area contributed by atoms with Gasteiger partial charge < -0.3 is 15.5 Å². The lowest BCUT2D eigenvalue weighted by molar-refractivity contribution is 0.234. The van der Waals surface area contributed by atoms with Crippen LogP contribution in [0.4, 0.5) is 0 Å². The normalized spacial score (nSPS) is 13.5. The summed E-state index contributed by atoms with van der Waals surface area (Å²) in [5.74, 6) is 0.307. The van der Waals surface area contributed by atoms with E-state index < -0.39 is 0 Å².